The van der Waals surface area contributed by atoms with Gasteiger partial charge in [-0.2, -0.15) is 4.99 Å². The monoisotopic (exact) mass is 423 g/mol. The van der Waals surface area contributed by atoms with E-state index in [4.69, 9.17) is 0 Å². The van der Waals surface area contributed by atoms with Gasteiger partial charge in [0.2, 0.25) is 0 Å². The number of isothiocyanates is 1. The largest absolute Gasteiger partial charge is 0.206 e. The number of halogens is 3. The van der Waals surface area contributed by atoms with Crippen molar-refractivity contribution in [3.8, 4) is 23.7 Å². The van der Waals surface area contributed by atoms with Crippen molar-refractivity contribution in [2.24, 2.45) is 16.8 Å². The molecule has 0 atom stereocenters. The van der Waals surface area contributed by atoms with Crippen LogP contribution in [0.4, 0.5) is 18.9 Å². The van der Waals surface area contributed by atoms with Crippen LogP contribution >= 0.6 is 12.2 Å². The molecule has 5 heteroatoms. The summed E-state index contributed by atoms with van der Waals surface area (Å²) < 4.78 is 42.1. The molecule has 0 radical (unpaired) electrons. The lowest BCUT2D eigenvalue weighted by Crippen LogP contribution is -2.12. The Kier molecular flexibility index (Phi) is 7.47. The first-order valence-electron chi connectivity index (χ1n) is 9.90. The minimum absolute atomic E-state index is 0.0688. The molecule has 0 amide bonds. The Labute approximate surface area is 180 Å². The van der Waals surface area contributed by atoms with E-state index < -0.39 is 23.1 Å². The van der Waals surface area contributed by atoms with E-state index in [1.54, 1.807) is 6.07 Å². The normalized spacial score (nSPS) is 17.7. The summed E-state index contributed by atoms with van der Waals surface area (Å²) in [5, 5.41) is 1.92. The van der Waals surface area contributed by atoms with Crippen molar-refractivity contribution in [2.75, 3.05) is 0 Å². The zero-order chi connectivity index (χ0) is 21.5. The third-order valence-corrected chi connectivity index (χ3v) is 5.42. The molecule has 2 aromatic rings. The highest BCUT2D eigenvalue weighted by Gasteiger charge is 2.18. The molecule has 0 spiro atoms. The second-order valence-corrected chi connectivity index (χ2v) is 7.51. The zero-order valence-electron chi connectivity index (χ0n) is 16.6. The second kappa shape index (κ2) is 10.3. The fourth-order valence-electron chi connectivity index (χ4n) is 3.52. The predicted octanol–water partition coefficient (Wildman–Crippen LogP) is 6.81. The first-order chi connectivity index (χ1) is 14.5. The number of benzene rings is 2. The molecule has 30 heavy (non-hydrogen) atoms. The van der Waals surface area contributed by atoms with Crippen molar-refractivity contribution in [3.05, 3.63) is 64.5 Å². The third kappa shape index (κ3) is 5.61. The maximum Gasteiger partial charge on any atom is 0.153 e. The molecule has 0 saturated heterocycles. The Bertz CT molecular complexity index is 1080. The Balaban J connectivity index is 1.73. The van der Waals surface area contributed by atoms with Gasteiger partial charge in [0.1, 0.15) is 11.5 Å². The zero-order valence-corrected chi connectivity index (χ0v) is 17.4. The Hall–Kier alpha value is -2.85. The van der Waals surface area contributed by atoms with Gasteiger partial charge in [0.15, 0.2) is 11.6 Å². The molecule has 1 fully saturated rings. The van der Waals surface area contributed by atoms with Crippen molar-refractivity contribution >= 4 is 23.1 Å². The van der Waals surface area contributed by atoms with Crippen LogP contribution in [0.5, 0.6) is 0 Å². The number of hydrogen-bond acceptors (Lipinski definition) is 2. The molecule has 0 unspecified atom stereocenters. The molecule has 0 bridgehead atoms. The van der Waals surface area contributed by atoms with E-state index in [9.17, 15) is 13.2 Å². The van der Waals surface area contributed by atoms with Gasteiger partial charge in [0.05, 0.1) is 10.7 Å². The molecular weight excluding hydrogens is 403 g/mol. The summed E-state index contributed by atoms with van der Waals surface area (Å²) in [6.45, 7) is 2.22. The van der Waals surface area contributed by atoms with Crippen LogP contribution in [0.3, 0.4) is 0 Å². The Morgan fingerprint density at radius 3 is 2.17 bits per heavy atom. The van der Waals surface area contributed by atoms with Crippen molar-refractivity contribution in [1.82, 2.24) is 0 Å². The summed E-state index contributed by atoms with van der Waals surface area (Å²) >= 11 is 4.36. The average Bonchev–Trinajstić information content (AvgIpc) is 2.74. The van der Waals surface area contributed by atoms with Crippen molar-refractivity contribution in [3.63, 3.8) is 0 Å². The van der Waals surface area contributed by atoms with Crippen molar-refractivity contribution < 1.29 is 13.2 Å². The van der Waals surface area contributed by atoms with Gasteiger partial charge < -0.3 is 0 Å². The van der Waals surface area contributed by atoms with Crippen LogP contribution in [-0.2, 0) is 0 Å². The molecule has 0 aromatic heterocycles. The summed E-state index contributed by atoms with van der Waals surface area (Å²) in [6.07, 6.45) is 5.83. The van der Waals surface area contributed by atoms with E-state index in [2.05, 4.69) is 47.8 Å². The predicted molar refractivity (Wildman–Crippen MR) is 116 cm³/mol. The van der Waals surface area contributed by atoms with E-state index in [0.29, 0.717) is 11.5 Å². The molecule has 1 aliphatic carbocycles. The smallest absolute Gasteiger partial charge is 0.153 e. The molecule has 0 N–H and O–H groups in total. The summed E-state index contributed by atoms with van der Waals surface area (Å²) in [4.78, 5) is 3.34. The van der Waals surface area contributed by atoms with Gasteiger partial charge in [-0.25, -0.2) is 13.2 Å². The average molecular weight is 424 g/mol. The van der Waals surface area contributed by atoms with Gasteiger partial charge in [-0.15, -0.1) is 0 Å². The van der Waals surface area contributed by atoms with E-state index in [-0.39, 0.29) is 11.1 Å². The number of aliphatic imine (C=N–C) groups is 1. The maximum atomic E-state index is 14.4. The van der Waals surface area contributed by atoms with Gasteiger partial charge in [-0.1, -0.05) is 37.0 Å². The molecule has 1 nitrogen and oxygen atoms in total. The minimum Gasteiger partial charge on any atom is -0.206 e. The van der Waals surface area contributed by atoms with Crippen LogP contribution in [-0.4, -0.2) is 5.16 Å². The molecule has 152 valence electrons. The van der Waals surface area contributed by atoms with Gasteiger partial charge >= 0.3 is 0 Å². The maximum absolute atomic E-state index is 14.4. The van der Waals surface area contributed by atoms with Gasteiger partial charge in [-0.05, 0) is 74.2 Å². The lowest BCUT2D eigenvalue weighted by atomic mass is 9.81. The molecular formula is C25H20F3NS. The first kappa shape index (κ1) is 21.8. The Morgan fingerprint density at radius 1 is 0.900 bits per heavy atom. The van der Waals surface area contributed by atoms with Crippen molar-refractivity contribution in [1.29, 1.82) is 0 Å². The summed E-state index contributed by atoms with van der Waals surface area (Å²) in [5.74, 6) is 10.3. The lowest BCUT2D eigenvalue weighted by molar-refractivity contribution is 0.309. The highest BCUT2D eigenvalue weighted by atomic mass is 32.1. The van der Waals surface area contributed by atoms with E-state index in [1.165, 1.54) is 31.4 Å². The van der Waals surface area contributed by atoms with Gasteiger partial charge in [0.25, 0.3) is 0 Å². The fraction of sp³-hybridized carbons (Fsp3) is 0.320. The van der Waals surface area contributed by atoms with Crippen LogP contribution < -0.4 is 0 Å². The number of thiocarbonyl (C=S) groups is 1. The minimum atomic E-state index is -0.907. The highest BCUT2D eigenvalue weighted by molar-refractivity contribution is 7.78. The SMILES string of the molecule is CCC1CCC(C#Cc2ccc(C#Cc3cc(F)c(N=C=S)c(F)c3)c(F)c2)CC1. The highest BCUT2D eigenvalue weighted by Crippen LogP contribution is 2.30. The first-order valence-corrected chi connectivity index (χ1v) is 10.3. The van der Waals surface area contributed by atoms with E-state index in [0.717, 1.165) is 30.9 Å². The quantitative estimate of drug-likeness (QED) is 0.294. The topological polar surface area (TPSA) is 12.4 Å². The van der Waals surface area contributed by atoms with Crippen LogP contribution in [0.15, 0.2) is 35.3 Å². The molecule has 1 aliphatic rings. The molecule has 2 aromatic carbocycles. The molecule has 0 aliphatic heterocycles. The third-order valence-electron chi connectivity index (χ3n) is 5.33. The second-order valence-electron chi connectivity index (χ2n) is 7.33. The summed E-state index contributed by atoms with van der Waals surface area (Å²) in [5.41, 5.74) is 0.271. The molecule has 1 saturated carbocycles. The van der Waals surface area contributed by atoms with E-state index >= 15 is 0 Å². The van der Waals surface area contributed by atoms with E-state index in [1.807, 2.05) is 5.16 Å². The van der Waals surface area contributed by atoms with Gasteiger partial charge in [-0.3, -0.25) is 0 Å². The van der Waals surface area contributed by atoms with Crippen LogP contribution in [0.25, 0.3) is 0 Å². The van der Waals surface area contributed by atoms with Gasteiger partial charge in [0, 0.05) is 17.0 Å². The number of nitrogens with zero attached hydrogens (tertiary/aromatic N) is 1. The van der Waals surface area contributed by atoms with Crippen LogP contribution in [0.1, 0.15) is 55.7 Å². The summed E-state index contributed by atoms with van der Waals surface area (Å²) in [6, 6.07) is 6.61. The lowest BCUT2D eigenvalue weighted by Gasteiger charge is -2.24. The fourth-order valence-corrected chi connectivity index (χ4v) is 3.62. The molecule has 0 heterocycles. The van der Waals surface area contributed by atoms with Crippen LogP contribution in [0, 0.1) is 53.0 Å². The number of hydrogen-bond donors (Lipinski definition) is 0. The standard InChI is InChI=1S/C25H20F3NS/c1-2-17-3-5-18(6-4-17)7-8-19-9-11-21(22(26)13-19)12-10-20-14-23(27)25(29-16-30)24(28)15-20/h9,11,13-15,17-18H,2-6H2,1H3. The van der Waals surface area contributed by atoms with Crippen LogP contribution in [0.2, 0.25) is 0 Å². The van der Waals surface area contributed by atoms with Crippen molar-refractivity contribution in [2.45, 2.75) is 39.0 Å². The summed E-state index contributed by atoms with van der Waals surface area (Å²) in [7, 11) is 0. The molecule has 3 rings (SSSR count). The Morgan fingerprint density at radius 2 is 1.57 bits per heavy atom. The number of rotatable bonds is 2.